The summed E-state index contributed by atoms with van der Waals surface area (Å²) in [5, 5.41) is 10.7. The number of sulfonamides is 1. The lowest BCUT2D eigenvalue weighted by atomic mass is 9.87. The van der Waals surface area contributed by atoms with E-state index in [1.807, 2.05) is 20.8 Å². The van der Waals surface area contributed by atoms with Gasteiger partial charge in [0.15, 0.2) is 0 Å². The van der Waals surface area contributed by atoms with Crippen molar-refractivity contribution in [2.45, 2.75) is 38.0 Å². The van der Waals surface area contributed by atoms with E-state index in [0.29, 0.717) is 5.56 Å². The number of nitrogens with one attached hydrogen (secondary N) is 1. The minimum atomic E-state index is -3.81. The average molecular weight is 349 g/mol. The Morgan fingerprint density at radius 3 is 2.21 bits per heavy atom. The van der Waals surface area contributed by atoms with Crippen molar-refractivity contribution >= 4 is 21.5 Å². The third-order valence-corrected chi connectivity index (χ3v) is 4.89. The highest BCUT2D eigenvalue weighted by Gasteiger charge is 2.19. The van der Waals surface area contributed by atoms with Gasteiger partial charge in [0.25, 0.3) is 15.7 Å². The van der Waals surface area contributed by atoms with Crippen LogP contribution in [0.1, 0.15) is 31.9 Å². The van der Waals surface area contributed by atoms with Crippen molar-refractivity contribution in [1.82, 2.24) is 4.98 Å². The second kappa shape index (κ2) is 6.20. The number of hydrogen-bond donors (Lipinski definition) is 1. The zero-order chi connectivity index (χ0) is 18.1. The van der Waals surface area contributed by atoms with E-state index in [9.17, 15) is 18.5 Å². The molecule has 0 aliphatic heterocycles. The lowest BCUT2D eigenvalue weighted by Gasteiger charge is -2.19. The molecule has 0 spiro atoms. The fourth-order valence-electron chi connectivity index (χ4n) is 2.09. The molecular weight excluding hydrogens is 330 g/mol. The molecule has 0 radical (unpaired) electrons. The number of aryl methyl sites for hydroxylation is 1. The molecule has 0 saturated carbocycles. The standard InChI is InChI=1S/C16H19N3O4S/c1-11-9-13(19(20)21)10-17-15(11)18-24(22,23)14-7-5-12(6-8-14)16(2,3)4/h5-10H,1-4H3,(H,17,18). The molecule has 24 heavy (non-hydrogen) atoms. The molecule has 7 nitrogen and oxygen atoms in total. The summed E-state index contributed by atoms with van der Waals surface area (Å²) in [6.45, 7) is 7.68. The Hall–Kier alpha value is -2.48. The van der Waals surface area contributed by atoms with Gasteiger partial charge in [0.05, 0.1) is 9.82 Å². The van der Waals surface area contributed by atoms with Gasteiger partial charge >= 0.3 is 0 Å². The van der Waals surface area contributed by atoms with E-state index in [-0.39, 0.29) is 21.8 Å². The van der Waals surface area contributed by atoms with Crippen LogP contribution in [0, 0.1) is 17.0 Å². The van der Waals surface area contributed by atoms with Crippen molar-refractivity contribution in [3.63, 3.8) is 0 Å². The van der Waals surface area contributed by atoms with Crippen LogP contribution in [0.4, 0.5) is 11.5 Å². The third-order valence-electron chi connectivity index (χ3n) is 3.54. The fourth-order valence-corrected chi connectivity index (χ4v) is 3.17. The maximum atomic E-state index is 12.4. The van der Waals surface area contributed by atoms with E-state index < -0.39 is 14.9 Å². The molecule has 1 heterocycles. The van der Waals surface area contributed by atoms with Crippen LogP contribution in [0.15, 0.2) is 41.4 Å². The predicted octanol–water partition coefficient (Wildman–Crippen LogP) is 3.40. The molecule has 0 bridgehead atoms. The second-order valence-electron chi connectivity index (χ2n) is 6.50. The molecule has 8 heteroatoms. The first kappa shape index (κ1) is 17.9. The number of nitro groups is 1. The Kier molecular flexibility index (Phi) is 4.61. The topological polar surface area (TPSA) is 102 Å². The highest BCUT2D eigenvalue weighted by molar-refractivity contribution is 7.92. The minimum Gasteiger partial charge on any atom is -0.263 e. The Balaban J connectivity index is 2.30. The van der Waals surface area contributed by atoms with E-state index in [1.165, 1.54) is 18.2 Å². The summed E-state index contributed by atoms with van der Waals surface area (Å²) in [4.78, 5) is 14.1. The average Bonchev–Trinajstić information content (AvgIpc) is 2.48. The molecule has 1 aromatic heterocycles. The largest absolute Gasteiger partial charge is 0.287 e. The summed E-state index contributed by atoms with van der Waals surface area (Å²) in [5.74, 6) is 0.0699. The van der Waals surface area contributed by atoms with E-state index in [0.717, 1.165) is 11.8 Å². The first-order valence-corrected chi connectivity index (χ1v) is 8.73. The van der Waals surface area contributed by atoms with Crippen molar-refractivity contribution in [2.75, 3.05) is 4.72 Å². The fraction of sp³-hybridized carbons (Fsp3) is 0.312. The Bertz CT molecular complexity index is 869. The third kappa shape index (κ3) is 3.88. The van der Waals surface area contributed by atoms with Gasteiger partial charge < -0.3 is 0 Å². The van der Waals surface area contributed by atoms with Gasteiger partial charge in [0, 0.05) is 6.07 Å². The zero-order valence-electron chi connectivity index (χ0n) is 13.9. The van der Waals surface area contributed by atoms with Gasteiger partial charge in [-0.2, -0.15) is 0 Å². The van der Waals surface area contributed by atoms with Crippen molar-refractivity contribution in [2.24, 2.45) is 0 Å². The molecule has 0 atom stereocenters. The lowest BCUT2D eigenvalue weighted by molar-refractivity contribution is -0.385. The maximum Gasteiger partial charge on any atom is 0.287 e. The number of nitrogens with zero attached hydrogens (tertiary/aromatic N) is 2. The monoisotopic (exact) mass is 349 g/mol. The van der Waals surface area contributed by atoms with Crippen LogP contribution in [0.2, 0.25) is 0 Å². The maximum absolute atomic E-state index is 12.4. The number of pyridine rings is 1. The molecule has 2 rings (SSSR count). The normalized spacial score (nSPS) is 12.0. The Morgan fingerprint density at radius 2 is 1.75 bits per heavy atom. The van der Waals surface area contributed by atoms with Crippen LogP contribution < -0.4 is 4.72 Å². The second-order valence-corrected chi connectivity index (χ2v) is 8.18. The quantitative estimate of drug-likeness (QED) is 0.673. The molecule has 0 unspecified atom stereocenters. The summed E-state index contributed by atoms with van der Waals surface area (Å²) in [6.07, 6.45) is 1.02. The molecule has 1 aromatic carbocycles. The highest BCUT2D eigenvalue weighted by atomic mass is 32.2. The number of benzene rings is 1. The van der Waals surface area contributed by atoms with Gasteiger partial charge in [-0.15, -0.1) is 0 Å². The summed E-state index contributed by atoms with van der Waals surface area (Å²) in [6, 6.07) is 7.87. The minimum absolute atomic E-state index is 0.0699. The number of rotatable bonds is 4. The molecule has 0 aliphatic rings. The van der Waals surface area contributed by atoms with E-state index in [2.05, 4.69) is 9.71 Å². The van der Waals surface area contributed by atoms with Gasteiger partial charge in [0.1, 0.15) is 12.0 Å². The smallest absolute Gasteiger partial charge is 0.263 e. The molecule has 0 saturated heterocycles. The van der Waals surface area contributed by atoms with Crippen LogP contribution in [-0.2, 0) is 15.4 Å². The Morgan fingerprint density at radius 1 is 1.17 bits per heavy atom. The van der Waals surface area contributed by atoms with E-state index in [4.69, 9.17) is 0 Å². The number of hydrogen-bond acceptors (Lipinski definition) is 5. The lowest BCUT2D eigenvalue weighted by Crippen LogP contribution is -2.16. The molecule has 128 valence electrons. The number of anilines is 1. The van der Waals surface area contributed by atoms with Crippen molar-refractivity contribution in [3.05, 3.63) is 57.8 Å². The van der Waals surface area contributed by atoms with Crippen molar-refractivity contribution in [1.29, 1.82) is 0 Å². The summed E-state index contributed by atoms with van der Waals surface area (Å²) < 4.78 is 27.3. The first-order valence-electron chi connectivity index (χ1n) is 7.25. The van der Waals surface area contributed by atoms with E-state index >= 15 is 0 Å². The van der Waals surface area contributed by atoms with Gasteiger partial charge in [-0.05, 0) is 35.6 Å². The van der Waals surface area contributed by atoms with E-state index in [1.54, 1.807) is 19.1 Å². The summed E-state index contributed by atoms with van der Waals surface area (Å²) in [7, 11) is -3.81. The molecule has 2 aromatic rings. The van der Waals surface area contributed by atoms with Crippen LogP contribution in [-0.4, -0.2) is 18.3 Å². The molecule has 1 N–H and O–H groups in total. The van der Waals surface area contributed by atoms with Crippen LogP contribution >= 0.6 is 0 Å². The predicted molar refractivity (Wildman–Crippen MR) is 91.6 cm³/mol. The molecule has 0 fully saturated rings. The van der Waals surface area contributed by atoms with Gasteiger partial charge in [-0.1, -0.05) is 32.9 Å². The van der Waals surface area contributed by atoms with Gasteiger partial charge in [0.2, 0.25) is 0 Å². The molecule has 0 amide bonds. The summed E-state index contributed by atoms with van der Waals surface area (Å²) in [5.41, 5.74) is 1.13. The van der Waals surface area contributed by atoms with Gasteiger partial charge in [-0.25, -0.2) is 13.4 Å². The van der Waals surface area contributed by atoms with Crippen molar-refractivity contribution in [3.8, 4) is 0 Å². The Labute approximate surface area is 140 Å². The van der Waals surface area contributed by atoms with Crippen molar-refractivity contribution < 1.29 is 13.3 Å². The highest BCUT2D eigenvalue weighted by Crippen LogP contribution is 2.25. The zero-order valence-corrected chi connectivity index (χ0v) is 14.7. The number of aromatic nitrogens is 1. The summed E-state index contributed by atoms with van der Waals surface area (Å²) >= 11 is 0. The van der Waals surface area contributed by atoms with Crippen LogP contribution in [0.3, 0.4) is 0 Å². The van der Waals surface area contributed by atoms with Crippen LogP contribution in [0.5, 0.6) is 0 Å². The SMILES string of the molecule is Cc1cc([N+](=O)[O-])cnc1NS(=O)(=O)c1ccc(C(C)(C)C)cc1. The first-order chi connectivity index (χ1) is 11.0. The molecular formula is C16H19N3O4S. The molecule has 0 aliphatic carbocycles. The van der Waals surface area contributed by atoms with Crippen LogP contribution in [0.25, 0.3) is 0 Å². The van der Waals surface area contributed by atoms with Gasteiger partial charge in [-0.3, -0.25) is 14.8 Å².